The van der Waals surface area contributed by atoms with Crippen LogP contribution in [0.15, 0.2) is 23.1 Å². The van der Waals surface area contributed by atoms with E-state index in [0.29, 0.717) is 16.3 Å². The van der Waals surface area contributed by atoms with Gasteiger partial charge in [0.1, 0.15) is 0 Å². The molecule has 2 amide bonds. The third kappa shape index (κ3) is 2.55. The first-order valence-electron chi connectivity index (χ1n) is 3.70. The quantitative estimate of drug-likeness (QED) is 0.405. The van der Waals surface area contributed by atoms with Crippen LogP contribution in [0.25, 0.3) is 0 Å². The minimum Gasteiger partial charge on any atom is -0.398 e. The average molecular weight is 197 g/mol. The van der Waals surface area contributed by atoms with Crippen LogP contribution in [0.2, 0.25) is 0 Å². The summed E-state index contributed by atoms with van der Waals surface area (Å²) in [5.41, 5.74) is 6.78. The maximum Gasteiger partial charge on any atom is 0.318 e. The van der Waals surface area contributed by atoms with E-state index < -0.39 is 0 Å². The zero-order valence-corrected chi connectivity index (χ0v) is 8.06. The molecule has 0 bridgehead atoms. The lowest BCUT2D eigenvalue weighted by Crippen LogP contribution is -2.24. The van der Waals surface area contributed by atoms with Crippen molar-refractivity contribution in [3.63, 3.8) is 0 Å². The molecule has 0 fully saturated rings. The SMILES string of the molecule is CNC(=O)Nc1ccc(S)c(N)c1. The molecule has 0 radical (unpaired) electrons. The van der Waals surface area contributed by atoms with Crippen molar-refractivity contribution in [3.8, 4) is 0 Å². The number of amides is 2. The van der Waals surface area contributed by atoms with Gasteiger partial charge in [0.25, 0.3) is 0 Å². The van der Waals surface area contributed by atoms with Crippen LogP contribution in [0.5, 0.6) is 0 Å². The maximum atomic E-state index is 10.9. The second-order valence-corrected chi connectivity index (χ2v) is 2.96. The summed E-state index contributed by atoms with van der Waals surface area (Å²) in [4.78, 5) is 11.6. The molecule has 0 heterocycles. The van der Waals surface area contributed by atoms with E-state index in [1.54, 1.807) is 25.2 Å². The molecule has 4 N–H and O–H groups in total. The topological polar surface area (TPSA) is 67.2 Å². The van der Waals surface area contributed by atoms with Crippen molar-refractivity contribution in [1.29, 1.82) is 0 Å². The predicted octanol–water partition coefficient (Wildman–Crippen LogP) is 1.31. The van der Waals surface area contributed by atoms with Crippen LogP contribution in [0, 0.1) is 0 Å². The number of benzene rings is 1. The van der Waals surface area contributed by atoms with Gasteiger partial charge < -0.3 is 16.4 Å². The summed E-state index contributed by atoms with van der Waals surface area (Å²) in [7, 11) is 1.55. The van der Waals surface area contributed by atoms with Gasteiger partial charge in [0, 0.05) is 23.3 Å². The lowest BCUT2D eigenvalue weighted by atomic mass is 10.3. The summed E-state index contributed by atoms with van der Waals surface area (Å²) in [5.74, 6) is 0. The highest BCUT2D eigenvalue weighted by molar-refractivity contribution is 7.80. The largest absolute Gasteiger partial charge is 0.398 e. The van der Waals surface area contributed by atoms with E-state index in [2.05, 4.69) is 23.3 Å². The van der Waals surface area contributed by atoms with E-state index in [4.69, 9.17) is 5.73 Å². The van der Waals surface area contributed by atoms with Crippen LogP contribution in [-0.4, -0.2) is 13.1 Å². The molecule has 0 aliphatic heterocycles. The van der Waals surface area contributed by atoms with Gasteiger partial charge in [-0.1, -0.05) is 0 Å². The van der Waals surface area contributed by atoms with E-state index in [0.717, 1.165) is 0 Å². The molecule has 70 valence electrons. The molecule has 1 aromatic rings. The second kappa shape index (κ2) is 4.04. The number of urea groups is 1. The van der Waals surface area contributed by atoms with Gasteiger partial charge in [0.05, 0.1) is 0 Å². The summed E-state index contributed by atoms with van der Waals surface area (Å²) in [6, 6.07) is 4.83. The van der Waals surface area contributed by atoms with Gasteiger partial charge in [0.15, 0.2) is 0 Å². The number of hydrogen-bond acceptors (Lipinski definition) is 3. The molecule has 5 heteroatoms. The molecule has 0 unspecified atom stereocenters. The number of hydrogen-bond donors (Lipinski definition) is 4. The number of nitrogen functional groups attached to an aromatic ring is 1. The van der Waals surface area contributed by atoms with Gasteiger partial charge in [-0.3, -0.25) is 0 Å². The van der Waals surface area contributed by atoms with E-state index in [-0.39, 0.29) is 6.03 Å². The Labute approximate surface area is 81.9 Å². The number of anilines is 2. The molecular weight excluding hydrogens is 186 g/mol. The first-order valence-corrected chi connectivity index (χ1v) is 4.15. The van der Waals surface area contributed by atoms with Crippen LogP contribution < -0.4 is 16.4 Å². The molecule has 4 nitrogen and oxygen atoms in total. The Bertz CT molecular complexity index is 327. The van der Waals surface area contributed by atoms with Crippen molar-refractivity contribution >= 4 is 30.0 Å². The first-order chi connectivity index (χ1) is 6.13. The highest BCUT2D eigenvalue weighted by Gasteiger charge is 2.00. The Balaban J connectivity index is 2.79. The van der Waals surface area contributed by atoms with Crippen molar-refractivity contribution in [1.82, 2.24) is 5.32 Å². The molecule has 0 saturated carbocycles. The average Bonchev–Trinajstić information content (AvgIpc) is 2.11. The molecule has 0 aliphatic rings. The van der Waals surface area contributed by atoms with Gasteiger partial charge in [0.2, 0.25) is 0 Å². The van der Waals surface area contributed by atoms with Crippen LogP contribution in [0.3, 0.4) is 0 Å². The summed E-state index contributed by atoms with van der Waals surface area (Å²) in [6.45, 7) is 0. The van der Waals surface area contributed by atoms with E-state index in [1.807, 2.05) is 0 Å². The molecule has 1 rings (SSSR count). The Hall–Kier alpha value is -1.36. The Morgan fingerprint density at radius 3 is 2.77 bits per heavy atom. The molecule has 0 atom stereocenters. The molecule has 0 saturated heterocycles. The zero-order chi connectivity index (χ0) is 9.84. The number of nitrogens with two attached hydrogens (primary N) is 1. The number of thiol groups is 1. The fourth-order valence-corrected chi connectivity index (χ4v) is 0.965. The molecule has 0 aliphatic carbocycles. The second-order valence-electron chi connectivity index (χ2n) is 2.48. The van der Waals surface area contributed by atoms with Crippen LogP contribution in [0.1, 0.15) is 0 Å². The Morgan fingerprint density at radius 2 is 2.23 bits per heavy atom. The number of rotatable bonds is 1. The van der Waals surface area contributed by atoms with Crippen molar-refractivity contribution < 1.29 is 4.79 Å². The van der Waals surface area contributed by atoms with Crippen molar-refractivity contribution in [2.75, 3.05) is 18.1 Å². The lowest BCUT2D eigenvalue weighted by molar-refractivity contribution is 0.254. The number of nitrogens with one attached hydrogen (secondary N) is 2. The predicted molar refractivity (Wildman–Crippen MR) is 56.2 cm³/mol. The van der Waals surface area contributed by atoms with Gasteiger partial charge in [-0.15, -0.1) is 12.6 Å². The first kappa shape index (κ1) is 9.73. The fourth-order valence-electron chi connectivity index (χ4n) is 0.826. The monoisotopic (exact) mass is 197 g/mol. The van der Waals surface area contributed by atoms with E-state index >= 15 is 0 Å². The molecule has 0 spiro atoms. The Kier molecular flexibility index (Phi) is 3.02. The maximum absolute atomic E-state index is 10.9. The van der Waals surface area contributed by atoms with E-state index in [9.17, 15) is 4.79 Å². The van der Waals surface area contributed by atoms with Crippen molar-refractivity contribution in [2.24, 2.45) is 0 Å². The molecular formula is C8H11N3OS. The van der Waals surface area contributed by atoms with Crippen LogP contribution >= 0.6 is 12.6 Å². The van der Waals surface area contributed by atoms with Gasteiger partial charge in [-0.2, -0.15) is 0 Å². The molecule has 0 aromatic heterocycles. The Morgan fingerprint density at radius 1 is 1.54 bits per heavy atom. The minimum absolute atomic E-state index is 0.272. The number of carbonyl (C=O) groups is 1. The standard InChI is InChI=1S/C8H11N3OS/c1-10-8(12)11-5-2-3-7(13)6(9)4-5/h2-4,13H,9H2,1H3,(H2,10,11,12). The van der Waals surface area contributed by atoms with Crippen molar-refractivity contribution in [3.05, 3.63) is 18.2 Å². The highest BCUT2D eigenvalue weighted by Crippen LogP contribution is 2.20. The van der Waals surface area contributed by atoms with Crippen LogP contribution in [-0.2, 0) is 0 Å². The smallest absolute Gasteiger partial charge is 0.318 e. The van der Waals surface area contributed by atoms with Gasteiger partial charge in [-0.25, -0.2) is 4.79 Å². The number of carbonyl (C=O) groups excluding carboxylic acids is 1. The third-order valence-corrected chi connectivity index (χ3v) is 1.92. The molecule has 1 aromatic carbocycles. The lowest BCUT2D eigenvalue weighted by Gasteiger charge is -2.05. The van der Waals surface area contributed by atoms with Crippen molar-refractivity contribution in [2.45, 2.75) is 4.90 Å². The zero-order valence-electron chi connectivity index (χ0n) is 7.16. The summed E-state index contributed by atoms with van der Waals surface area (Å²) < 4.78 is 0. The van der Waals surface area contributed by atoms with Gasteiger partial charge >= 0.3 is 6.03 Å². The highest BCUT2D eigenvalue weighted by atomic mass is 32.1. The third-order valence-electron chi connectivity index (χ3n) is 1.51. The summed E-state index contributed by atoms with van der Waals surface area (Å²) in [5, 5.41) is 5.03. The normalized spacial score (nSPS) is 9.38. The minimum atomic E-state index is -0.272. The van der Waals surface area contributed by atoms with Gasteiger partial charge in [-0.05, 0) is 18.2 Å². The summed E-state index contributed by atoms with van der Waals surface area (Å²) in [6.07, 6.45) is 0. The molecule has 13 heavy (non-hydrogen) atoms. The fraction of sp³-hybridized carbons (Fsp3) is 0.125. The summed E-state index contributed by atoms with van der Waals surface area (Å²) >= 11 is 4.11. The van der Waals surface area contributed by atoms with E-state index in [1.165, 1.54) is 0 Å². The van der Waals surface area contributed by atoms with Crippen LogP contribution in [0.4, 0.5) is 16.2 Å².